The van der Waals surface area contributed by atoms with Gasteiger partial charge in [0, 0.05) is 18.4 Å². The number of anilines is 2. The van der Waals surface area contributed by atoms with Crippen LogP contribution in [0.4, 0.5) is 11.6 Å². The highest BCUT2D eigenvalue weighted by atomic mass is 15.1. The Bertz CT molecular complexity index is 518. The number of nitrogen functional groups attached to an aromatic ring is 1. The molecule has 1 saturated carbocycles. The van der Waals surface area contributed by atoms with Gasteiger partial charge in [0.05, 0.1) is 6.20 Å². The van der Waals surface area contributed by atoms with E-state index in [0.717, 1.165) is 17.4 Å². The lowest BCUT2D eigenvalue weighted by atomic mass is 10.3. The number of nitrogens with two attached hydrogens (primary N) is 1. The van der Waals surface area contributed by atoms with Crippen molar-refractivity contribution in [2.75, 3.05) is 11.1 Å². The number of hydrogen-bond acceptors (Lipinski definition) is 4. The van der Waals surface area contributed by atoms with Gasteiger partial charge in [-0.3, -0.25) is 0 Å². The van der Waals surface area contributed by atoms with Crippen molar-refractivity contribution in [3.63, 3.8) is 0 Å². The minimum atomic E-state index is 0.515. The Balaban J connectivity index is 1.93. The third kappa shape index (κ3) is 1.48. The van der Waals surface area contributed by atoms with E-state index in [0.29, 0.717) is 11.9 Å². The zero-order chi connectivity index (χ0) is 11.1. The van der Waals surface area contributed by atoms with Crippen molar-refractivity contribution in [3.05, 3.63) is 18.6 Å². The van der Waals surface area contributed by atoms with Crippen LogP contribution >= 0.6 is 0 Å². The van der Waals surface area contributed by atoms with Crippen LogP contribution in [0.15, 0.2) is 18.6 Å². The highest BCUT2D eigenvalue weighted by molar-refractivity contribution is 5.65. The molecule has 0 aromatic carbocycles. The van der Waals surface area contributed by atoms with Gasteiger partial charge in [-0.05, 0) is 12.3 Å². The van der Waals surface area contributed by atoms with Crippen molar-refractivity contribution in [1.29, 1.82) is 0 Å². The van der Waals surface area contributed by atoms with Crippen LogP contribution in [-0.4, -0.2) is 20.4 Å². The van der Waals surface area contributed by atoms with Crippen LogP contribution in [0.5, 0.6) is 0 Å². The van der Waals surface area contributed by atoms with Gasteiger partial charge in [-0.2, -0.15) is 0 Å². The molecule has 3 rings (SSSR count). The second kappa shape index (κ2) is 3.37. The van der Waals surface area contributed by atoms with E-state index >= 15 is 0 Å². The van der Waals surface area contributed by atoms with Crippen LogP contribution in [0.25, 0.3) is 5.65 Å². The monoisotopic (exact) mass is 217 g/mol. The first-order valence-corrected chi connectivity index (χ1v) is 5.63. The largest absolute Gasteiger partial charge is 0.382 e. The molecule has 2 aromatic heterocycles. The number of nitrogens with one attached hydrogen (secondary N) is 1. The molecule has 0 aliphatic heterocycles. The van der Waals surface area contributed by atoms with Gasteiger partial charge in [0.15, 0.2) is 11.5 Å². The van der Waals surface area contributed by atoms with E-state index in [4.69, 9.17) is 5.73 Å². The Morgan fingerprint density at radius 2 is 2.50 bits per heavy atom. The number of hydrogen-bond donors (Lipinski definition) is 2. The quantitative estimate of drug-likeness (QED) is 0.818. The van der Waals surface area contributed by atoms with Crippen molar-refractivity contribution >= 4 is 17.3 Å². The minimum absolute atomic E-state index is 0.515. The zero-order valence-corrected chi connectivity index (χ0v) is 9.22. The van der Waals surface area contributed by atoms with E-state index < -0.39 is 0 Å². The molecular formula is C11H15N5. The summed E-state index contributed by atoms with van der Waals surface area (Å²) < 4.78 is 1.90. The molecule has 2 atom stereocenters. The minimum Gasteiger partial charge on any atom is -0.382 e. The SMILES string of the molecule is CCC1CC1Nc1nc(N)cn2ccnc12. The molecule has 5 heteroatoms. The van der Waals surface area contributed by atoms with Crippen LogP contribution in [0, 0.1) is 5.92 Å². The Morgan fingerprint density at radius 3 is 3.25 bits per heavy atom. The van der Waals surface area contributed by atoms with E-state index in [1.165, 1.54) is 12.8 Å². The smallest absolute Gasteiger partial charge is 0.180 e. The van der Waals surface area contributed by atoms with Gasteiger partial charge in [-0.15, -0.1) is 0 Å². The van der Waals surface area contributed by atoms with Gasteiger partial charge in [0.2, 0.25) is 0 Å². The van der Waals surface area contributed by atoms with Crippen LogP contribution in [-0.2, 0) is 0 Å². The van der Waals surface area contributed by atoms with E-state index in [-0.39, 0.29) is 0 Å². The third-order valence-electron chi connectivity index (χ3n) is 3.16. The average molecular weight is 217 g/mol. The maximum atomic E-state index is 5.75. The maximum absolute atomic E-state index is 5.75. The molecular weight excluding hydrogens is 202 g/mol. The second-order valence-electron chi connectivity index (χ2n) is 4.33. The summed E-state index contributed by atoms with van der Waals surface area (Å²) >= 11 is 0. The Labute approximate surface area is 93.7 Å². The van der Waals surface area contributed by atoms with Gasteiger partial charge < -0.3 is 15.5 Å². The Kier molecular flexibility index (Phi) is 1.99. The number of fused-ring (bicyclic) bond motifs is 1. The summed E-state index contributed by atoms with van der Waals surface area (Å²) in [4.78, 5) is 8.58. The van der Waals surface area contributed by atoms with E-state index in [1.54, 1.807) is 12.4 Å². The summed E-state index contributed by atoms with van der Waals surface area (Å²) in [5.41, 5.74) is 6.59. The van der Waals surface area contributed by atoms with Crippen LogP contribution in [0.3, 0.4) is 0 Å². The van der Waals surface area contributed by atoms with Crippen LogP contribution in [0.2, 0.25) is 0 Å². The van der Waals surface area contributed by atoms with Crippen molar-refractivity contribution in [1.82, 2.24) is 14.4 Å². The van der Waals surface area contributed by atoms with Gasteiger partial charge in [0.1, 0.15) is 5.82 Å². The maximum Gasteiger partial charge on any atom is 0.180 e. The molecule has 0 amide bonds. The molecule has 2 aromatic rings. The lowest BCUT2D eigenvalue weighted by Gasteiger charge is -2.07. The number of imidazole rings is 1. The summed E-state index contributed by atoms with van der Waals surface area (Å²) in [5, 5.41) is 3.41. The molecule has 1 aliphatic rings. The van der Waals surface area contributed by atoms with Gasteiger partial charge in [-0.1, -0.05) is 13.3 Å². The number of aromatic nitrogens is 3. The topological polar surface area (TPSA) is 68.2 Å². The first kappa shape index (κ1) is 9.45. The molecule has 1 fully saturated rings. The third-order valence-corrected chi connectivity index (χ3v) is 3.16. The fourth-order valence-electron chi connectivity index (χ4n) is 2.10. The summed E-state index contributed by atoms with van der Waals surface area (Å²) in [6.45, 7) is 2.21. The van der Waals surface area contributed by atoms with Gasteiger partial charge >= 0.3 is 0 Å². The Morgan fingerprint density at radius 1 is 1.62 bits per heavy atom. The normalized spacial score (nSPS) is 23.6. The fraction of sp³-hybridized carbons (Fsp3) is 0.455. The predicted molar refractivity (Wildman–Crippen MR) is 63.2 cm³/mol. The zero-order valence-electron chi connectivity index (χ0n) is 9.22. The van der Waals surface area contributed by atoms with Crippen molar-refractivity contribution in [2.45, 2.75) is 25.8 Å². The highest BCUT2D eigenvalue weighted by Gasteiger charge is 2.35. The summed E-state index contributed by atoms with van der Waals surface area (Å²) in [5.74, 6) is 2.09. The van der Waals surface area contributed by atoms with Crippen LogP contribution in [0.1, 0.15) is 19.8 Å². The standard InChI is InChI=1S/C11H15N5/c1-2-7-5-8(7)14-10-11-13-3-4-16(11)6-9(12)15-10/h3-4,6-8H,2,5,12H2,1H3,(H,14,15). The first-order chi connectivity index (χ1) is 7.78. The molecule has 2 heterocycles. The van der Waals surface area contributed by atoms with E-state index in [1.807, 2.05) is 10.6 Å². The summed E-state index contributed by atoms with van der Waals surface area (Å²) in [7, 11) is 0. The summed E-state index contributed by atoms with van der Waals surface area (Å²) in [6, 6.07) is 0.541. The number of nitrogens with zero attached hydrogens (tertiary/aromatic N) is 3. The molecule has 5 nitrogen and oxygen atoms in total. The lowest BCUT2D eigenvalue weighted by Crippen LogP contribution is -2.09. The highest BCUT2D eigenvalue weighted by Crippen LogP contribution is 2.36. The van der Waals surface area contributed by atoms with Crippen molar-refractivity contribution in [3.8, 4) is 0 Å². The molecule has 2 unspecified atom stereocenters. The lowest BCUT2D eigenvalue weighted by molar-refractivity contribution is 0.773. The molecule has 0 spiro atoms. The van der Waals surface area contributed by atoms with E-state index in [9.17, 15) is 0 Å². The van der Waals surface area contributed by atoms with E-state index in [2.05, 4.69) is 22.2 Å². The van der Waals surface area contributed by atoms with Crippen molar-refractivity contribution in [2.24, 2.45) is 5.92 Å². The van der Waals surface area contributed by atoms with Gasteiger partial charge in [-0.25, -0.2) is 9.97 Å². The number of rotatable bonds is 3. The van der Waals surface area contributed by atoms with Gasteiger partial charge in [0.25, 0.3) is 0 Å². The molecule has 3 N–H and O–H groups in total. The molecule has 1 aliphatic carbocycles. The predicted octanol–water partition coefficient (Wildman–Crippen LogP) is 1.52. The summed E-state index contributed by atoms with van der Waals surface area (Å²) in [6.07, 6.45) is 7.84. The Hall–Kier alpha value is -1.78. The average Bonchev–Trinajstić information content (AvgIpc) is 2.83. The molecule has 0 saturated heterocycles. The molecule has 84 valence electrons. The van der Waals surface area contributed by atoms with Crippen LogP contribution < -0.4 is 11.1 Å². The first-order valence-electron chi connectivity index (χ1n) is 5.63. The molecule has 16 heavy (non-hydrogen) atoms. The second-order valence-corrected chi connectivity index (χ2v) is 4.33. The fourth-order valence-corrected chi connectivity index (χ4v) is 2.10. The molecule has 0 bridgehead atoms. The molecule has 0 radical (unpaired) electrons. The van der Waals surface area contributed by atoms with Crippen molar-refractivity contribution < 1.29 is 0 Å².